The van der Waals surface area contributed by atoms with Gasteiger partial charge < -0.3 is 15.5 Å². The average Bonchev–Trinajstić information content (AvgIpc) is 3.04. The zero-order chi connectivity index (χ0) is 14.9. The molecule has 2 N–H and O–H groups in total. The predicted molar refractivity (Wildman–Crippen MR) is 106 cm³/mol. The highest BCUT2D eigenvalue weighted by Crippen LogP contribution is 2.07. The fraction of sp³-hybridized carbons (Fsp3) is 0.667. The zero-order valence-corrected chi connectivity index (χ0v) is 16.7. The molecular formula is C15H28IN5S. The summed E-state index contributed by atoms with van der Waals surface area (Å²) in [4.78, 5) is 10.6. The molecule has 1 aromatic heterocycles. The quantitative estimate of drug-likeness (QED) is 0.404. The average molecular weight is 437 g/mol. The number of guanidine groups is 1. The molecule has 0 spiro atoms. The van der Waals surface area contributed by atoms with Crippen molar-refractivity contribution in [3.8, 4) is 0 Å². The van der Waals surface area contributed by atoms with Crippen LogP contribution in [0.2, 0.25) is 0 Å². The first-order valence-corrected chi connectivity index (χ1v) is 8.61. The molecule has 1 saturated heterocycles. The lowest BCUT2D eigenvalue weighted by atomic mass is 10.3. The van der Waals surface area contributed by atoms with Gasteiger partial charge in [-0.15, -0.1) is 35.3 Å². The Labute approximate surface area is 155 Å². The van der Waals surface area contributed by atoms with Crippen molar-refractivity contribution in [1.29, 1.82) is 0 Å². The van der Waals surface area contributed by atoms with Crippen LogP contribution >= 0.6 is 35.3 Å². The summed E-state index contributed by atoms with van der Waals surface area (Å²) in [7, 11) is 1.82. The van der Waals surface area contributed by atoms with E-state index in [4.69, 9.17) is 0 Å². The fourth-order valence-corrected chi connectivity index (χ4v) is 3.11. The lowest BCUT2D eigenvalue weighted by molar-refractivity contribution is 0.139. The molecule has 2 heterocycles. The van der Waals surface area contributed by atoms with Crippen molar-refractivity contribution < 1.29 is 0 Å². The fourth-order valence-electron chi connectivity index (χ4n) is 2.47. The van der Waals surface area contributed by atoms with E-state index in [9.17, 15) is 0 Å². The Bertz CT molecular complexity index is 416. The molecular weight excluding hydrogens is 409 g/mol. The Morgan fingerprint density at radius 2 is 1.95 bits per heavy atom. The van der Waals surface area contributed by atoms with Gasteiger partial charge in [-0.25, -0.2) is 0 Å². The van der Waals surface area contributed by atoms with Crippen molar-refractivity contribution in [2.75, 3.05) is 52.9 Å². The van der Waals surface area contributed by atoms with Gasteiger partial charge in [0.15, 0.2) is 5.96 Å². The Hall–Kier alpha value is -0.380. The lowest BCUT2D eigenvalue weighted by Gasteiger charge is -2.34. The number of nitrogens with zero attached hydrogens (tertiary/aromatic N) is 3. The molecule has 1 aliphatic rings. The van der Waals surface area contributed by atoms with Gasteiger partial charge >= 0.3 is 0 Å². The van der Waals surface area contributed by atoms with Crippen molar-refractivity contribution in [3.63, 3.8) is 0 Å². The van der Waals surface area contributed by atoms with Crippen LogP contribution in [0, 0.1) is 0 Å². The van der Waals surface area contributed by atoms with Gasteiger partial charge in [0.1, 0.15) is 0 Å². The van der Waals surface area contributed by atoms with E-state index in [1.165, 1.54) is 37.6 Å². The Balaban J connectivity index is 0.00000242. The first-order valence-electron chi connectivity index (χ1n) is 7.73. The van der Waals surface area contributed by atoms with E-state index in [1.807, 2.05) is 7.05 Å². The van der Waals surface area contributed by atoms with E-state index in [0.29, 0.717) is 0 Å². The van der Waals surface area contributed by atoms with Gasteiger partial charge in [0, 0.05) is 51.2 Å². The van der Waals surface area contributed by atoms with Crippen molar-refractivity contribution >= 4 is 41.3 Å². The Kier molecular flexibility index (Phi) is 10.0. The number of nitrogens with one attached hydrogen (secondary N) is 2. The van der Waals surface area contributed by atoms with Crippen molar-refractivity contribution in [1.82, 2.24) is 20.4 Å². The van der Waals surface area contributed by atoms with Gasteiger partial charge in [0.25, 0.3) is 0 Å². The monoisotopic (exact) mass is 437 g/mol. The van der Waals surface area contributed by atoms with Crippen molar-refractivity contribution in [3.05, 3.63) is 22.4 Å². The molecule has 1 aromatic rings. The lowest BCUT2D eigenvalue weighted by Crippen LogP contribution is -2.49. The van der Waals surface area contributed by atoms with Gasteiger partial charge in [0.2, 0.25) is 0 Å². The second-order valence-electron chi connectivity index (χ2n) is 5.21. The summed E-state index contributed by atoms with van der Waals surface area (Å²) in [6.45, 7) is 11.0. The van der Waals surface area contributed by atoms with E-state index in [2.05, 4.69) is 49.9 Å². The van der Waals surface area contributed by atoms with Gasteiger partial charge in [-0.3, -0.25) is 9.89 Å². The summed E-state index contributed by atoms with van der Waals surface area (Å²) < 4.78 is 0. The number of hydrogen-bond acceptors (Lipinski definition) is 4. The van der Waals surface area contributed by atoms with Crippen LogP contribution in [-0.2, 0) is 6.54 Å². The van der Waals surface area contributed by atoms with E-state index in [0.717, 1.165) is 25.6 Å². The molecule has 0 bridgehead atoms. The number of rotatable bonds is 6. The maximum Gasteiger partial charge on any atom is 0.191 e. The molecule has 1 fully saturated rings. The Morgan fingerprint density at radius 3 is 2.55 bits per heavy atom. The number of piperazine rings is 1. The molecule has 7 heteroatoms. The molecule has 1 aliphatic heterocycles. The molecule has 0 aliphatic carbocycles. The van der Waals surface area contributed by atoms with Crippen LogP contribution in [0.15, 0.2) is 22.5 Å². The number of hydrogen-bond donors (Lipinski definition) is 2. The molecule has 5 nitrogen and oxygen atoms in total. The van der Waals surface area contributed by atoms with E-state index in [1.54, 1.807) is 11.3 Å². The van der Waals surface area contributed by atoms with E-state index < -0.39 is 0 Å². The summed E-state index contributed by atoms with van der Waals surface area (Å²) in [6, 6.07) is 4.21. The molecule has 0 atom stereocenters. The third-order valence-electron chi connectivity index (χ3n) is 3.87. The minimum atomic E-state index is 0. The molecule has 22 heavy (non-hydrogen) atoms. The van der Waals surface area contributed by atoms with Crippen LogP contribution in [0.4, 0.5) is 0 Å². The predicted octanol–water partition coefficient (Wildman–Crippen LogP) is 1.67. The van der Waals surface area contributed by atoms with E-state index in [-0.39, 0.29) is 24.0 Å². The van der Waals surface area contributed by atoms with Gasteiger partial charge in [-0.1, -0.05) is 13.0 Å². The minimum Gasteiger partial charge on any atom is -0.355 e. The van der Waals surface area contributed by atoms with Crippen molar-refractivity contribution in [2.24, 2.45) is 4.99 Å². The highest BCUT2D eigenvalue weighted by Gasteiger charge is 2.14. The standard InChI is InChI=1S/C15H27N5S.HI/c1-3-19-8-10-20(11-9-19)7-6-17-15(16-2)18-13-14-5-4-12-21-14;/h4-5,12H,3,6-11,13H2,1-2H3,(H2,16,17,18);1H. The summed E-state index contributed by atoms with van der Waals surface area (Å²) in [5.74, 6) is 0.885. The summed E-state index contributed by atoms with van der Waals surface area (Å²) >= 11 is 1.77. The van der Waals surface area contributed by atoms with Crippen LogP contribution in [0.25, 0.3) is 0 Å². The van der Waals surface area contributed by atoms with Gasteiger partial charge in [-0.2, -0.15) is 0 Å². The van der Waals surface area contributed by atoms with Crippen LogP contribution in [0.5, 0.6) is 0 Å². The summed E-state index contributed by atoms with van der Waals surface area (Å²) in [5, 5.41) is 8.84. The topological polar surface area (TPSA) is 42.9 Å². The largest absolute Gasteiger partial charge is 0.355 e. The molecule has 0 saturated carbocycles. The first-order chi connectivity index (χ1) is 10.3. The SMILES string of the molecule is CCN1CCN(CCNC(=NC)NCc2cccs2)CC1.I. The number of aliphatic imine (C=N–C) groups is 1. The molecule has 2 rings (SSSR count). The van der Waals surface area contributed by atoms with E-state index >= 15 is 0 Å². The third-order valence-corrected chi connectivity index (χ3v) is 4.74. The molecule has 0 amide bonds. The molecule has 126 valence electrons. The summed E-state index contributed by atoms with van der Waals surface area (Å²) in [5.41, 5.74) is 0. The summed E-state index contributed by atoms with van der Waals surface area (Å²) in [6.07, 6.45) is 0. The molecule has 0 aromatic carbocycles. The number of thiophene rings is 1. The highest BCUT2D eigenvalue weighted by atomic mass is 127. The maximum atomic E-state index is 4.27. The highest BCUT2D eigenvalue weighted by molar-refractivity contribution is 14.0. The van der Waals surface area contributed by atoms with Gasteiger partial charge in [0.05, 0.1) is 6.54 Å². The molecule has 0 unspecified atom stereocenters. The first kappa shape index (κ1) is 19.7. The zero-order valence-electron chi connectivity index (χ0n) is 13.5. The van der Waals surface area contributed by atoms with Crippen LogP contribution in [0.1, 0.15) is 11.8 Å². The van der Waals surface area contributed by atoms with Crippen LogP contribution in [0.3, 0.4) is 0 Å². The number of halogens is 1. The minimum absolute atomic E-state index is 0. The van der Waals surface area contributed by atoms with Crippen LogP contribution < -0.4 is 10.6 Å². The normalized spacial score (nSPS) is 17.1. The number of likely N-dealkylation sites (N-methyl/N-ethyl adjacent to an activating group) is 1. The smallest absolute Gasteiger partial charge is 0.191 e. The second-order valence-corrected chi connectivity index (χ2v) is 6.24. The Morgan fingerprint density at radius 1 is 1.23 bits per heavy atom. The maximum absolute atomic E-state index is 4.27. The van der Waals surface area contributed by atoms with Crippen molar-refractivity contribution in [2.45, 2.75) is 13.5 Å². The third kappa shape index (κ3) is 6.80. The van der Waals surface area contributed by atoms with Gasteiger partial charge in [-0.05, 0) is 18.0 Å². The molecule has 0 radical (unpaired) electrons. The van der Waals surface area contributed by atoms with Crippen LogP contribution in [-0.4, -0.2) is 68.6 Å². The second kappa shape index (κ2) is 11.2.